The van der Waals surface area contributed by atoms with E-state index in [1.165, 1.54) is 0 Å². The van der Waals surface area contributed by atoms with E-state index in [0.717, 1.165) is 12.0 Å². The molecule has 19 heavy (non-hydrogen) atoms. The zero-order valence-electron chi connectivity index (χ0n) is 11.4. The van der Waals surface area contributed by atoms with Crippen LogP contribution in [0.1, 0.15) is 37.9 Å². The monoisotopic (exact) mass is 266 g/mol. The summed E-state index contributed by atoms with van der Waals surface area (Å²) in [6, 6.07) is 3.65. The molecule has 0 radical (unpaired) electrons. The van der Waals surface area contributed by atoms with E-state index < -0.39 is 0 Å². The Balaban J connectivity index is 2.72. The summed E-state index contributed by atoms with van der Waals surface area (Å²) in [5, 5.41) is 24.0. The lowest BCUT2D eigenvalue weighted by atomic mass is 9.94. The maximum absolute atomic E-state index is 9.07. The molecule has 106 valence electrons. The van der Waals surface area contributed by atoms with E-state index in [1.807, 2.05) is 6.07 Å². The van der Waals surface area contributed by atoms with Crippen LogP contribution in [-0.2, 0) is 6.54 Å². The molecule has 1 aromatic heterocycles. The average molecular weight is 266 g/mol. The highest BCUT2D eigenvalue weighted by Gasteiger charge is 2.20. The molecule has 0 aliphatic carbocycles. The Bertz CT molecular complexity index is 436. The summed E-state index contributed by atoms with van der Waals surface area (Å²) in [6.07, 6.45) is 3.24. The third-order valence-corrected chi connectivity index (χ3v) is 3.36. The molecule has 0 fully saturated rings. The highest BCUT2D eigenvalue weighted by Crippen LogP contribution is 2.15. The SMILES string of the molecule is CCC(C)(CCO)NCc1ccnc(/C(N)=N/O)c1. The number of nitrogens with one attached hydrogen (secondary N) is 1. The number of rotatable bonds is 7. The second kappa shape index (κ2) is 7.06. The molecular weight excluding hydrogens is 244 g/mol. The number of oxime groups is 1. The van der Waals surface area contributed by atoms with Gasteiger partial charge in [-0.2, -0.15) is 0 Å². The third-order valence-electron chi connectivity index (χ3n) is 3.36. The van der Waals surface area contributed by atoms with Crippen LogP contribution in [0.15, 0.2) is 23.5 Å². The van der Waals surface area contributed by atoms with Crippen molar-refractivity contribution in [2.75, 3.05) is 6.61 Å². The van der Waals surface area contributed by atoms with Gasteiger partial charge in [-0.05, 0) is 37.5 Å². The van der Waals surface area contributed by atoms with Gasteiger partial charge in [-0.25, -0.2) is 0 Å². The minimum Gasteiger partial charge on any atom is -0.409 e. The minimum absolute atomic E-state index is 0.00420. The quantitative estimate of drug-likeness (QED) is 0.253. The van der Waals surface area contributed by atoms with Crippen molar-refractivity contribution in [3.05, 3.63) is 29.6 Å². The summed E-state index contributed by atoms with van der Waals surface area (Å²) in [7, 11) is 0. The predicted molar refractivity (Wildman–Crippen MR) is 74.0 cm³/mol. The fourth-order valence-corrected chi connectivity index (χ4v) is 1.73. The molecule has 1 unspecified atom stereocenters. The van der Waals surface area contributed by atoms with Crippen LogP contribution in [0, 0.1) is 0 Å². The first-order valence-corrected chi connectivity index (χ1v) is 6.33. The number of hydrogen-bond donors (Lipinski definition) is 4. The van der Waals surface area contributed by atoms with E-state index in [4.69, 9.17) is 16.0 Å². The van der Waals surface area contributed by atoms with Crippen molar-refractivity contribution < 1.29 is 10.3 Å². The molecule has 0 bridgehead atoms. The molecule has 0 aliphatic rings. The summed E-state index contributed by atoms with van der Waals surface area (Å²) < 4.78 is 0. The molecule has 1 atom stereocenters. The lowest BCUT2D eigenvalue weighted by Crippen LogP contribution is -2.42. The van der Waals surface area contributed by atoms with Gasteiger partial charge in [-0.1, -0.05) is 12.1 Å². The summed E-state index contributed by atoms with van der Waals surface area (Å²) in [4.78, 5) is 4.03. The van der Waals surface area contributed by atoms with Gasteiger partial charge in [-0.15, -0.1) is 0 Å². The van der Waals surface area contributed by atoms with E-state index in [0.29, 0.717) is 18.7 Å². The van der Waals surface area contributed by atoms with Crippen LogP contribution in [-0.4, -0.2) is 33.3 Å². The largest absolute Gasteiger partial charge is 0.409 e. The number of nitrogens with zero attached hydrogens (tertiary/aromatic N) is 2. The molecule has 0 amide bonds. The van der Waals surface area contributed by atoms with Crippen molar-refractivity contribution in [3.8, 4) is 0 Å². The Hall–Kier alpha value is -1.66. The lowest BCUT2D eigenvalue weighted by Gasteiger charge is -2.29. The fourth-order valence-electron chi connectivity index (χ4n) is 1.73. The molecule has 0 aliphatic heterocycles. The van der Waals surface area contributed by atoms with Gasteiger partial charge in [-0.3, -0.25) is 4.98 Å². The normalized spacial score (nSPS) is 15.2. The number of hydrogen-bond acceptors (Lipinski definition) is 5. The van der Waals surface area contributed by atoms with Crippen molar-refractivity contribution in [3.63, 3.8) is 0 Å². The first-order chi connectivity index (χ1) is 9.04. The molecule has 6 heteroatoms. The van der Waals surface area contributed by atoms with Crippen molar-refractivity contribution in [1.29, 1.82) is 0 Å². The average Bonchev–Trinajstić information content (AvgIpc) is 2.45. The summed E-state index contributed by atoms with van der Waals surface area (Å²) in [6.45, 7) is 4.95. The van der Waals surface area contributed by atoms with Gasteiger partial charge < -0.3 is 21.4 Å². The number of aromatic nitrogens is 1. The molecule has 5 N–H and O–H groups in total. The zero-order chi connectivity index (χ0) is 14.3. The maximum Gasteiger partial charge on any atom is 0.188 e. The molecule has 0 spiro atoms. The summed E-state index contributed by atoms with van der Waals surface area (Å²) >= 11 is 0. The molecule has 1 heterocycles. The van der Waals surface area contributed by atoms with Crippen LogP contribution in [0.2, 0.25) is 0 Å². The van der Waals surface area contributed by atoms with Crippen LogP contribution < -0.4 is 11.1 Å². The van der Waals surface area contributed by atoms with E-state index in [9.17, 15) is 0 Å². The Kier molecular flexibility index (Phi) is 5.72. The Labute approximate surface area is 113 Å². The lowest BCUT2D eigenvalue weighted by molar-refractivity contribution is 0.214. The van der Waals surface area contributed by atoms with Gasteiger partial charge in [0.1, 0.15) is 5.69 Å². The summed E-state index contributed by atoms with van der Waals surface area (Å²) in [5.74, 6) is -0.00420. The molecule has 1 rings (SSSR count). The van der Waals surface area contributed by atoms with Crippen LogP contribution in [0.3, 0.4) is 0 Å². The van der Waals surface area contributed by atoms with Crippen LogP contribution in [0.25, 0.3) is 0 Å². The second-order valence-corrected chi connectivity index (χ2v) is 4.78. The highest BCUT2D eigenvalue weighted by atomic mass is 16.4. The zero-order valence-corrected chi connectivity index (χ0v) is 11.4. The van der Waals surface area contributed by atoms with Gasteiger partial charge in [0, 0.05) is 24.9 Å². The van der Waals surface area contributed by atoms with Gasteiger partial charge in [0.2, 0.25) is 0 Å². The van der Waals surface area contributed by atoms with E-state index in [1.54, 1.807) is 12.3 Å². The fraction of sp³-hybridized carbons (Fsp3) is 0.538. The Morgan fingerprint density at radius 1 is 1.58 bits per heavy atom. The standard InChI is InChI=1S/C13H22N4O2/c1-3-13(2,5-7-18)16-9-10-4-6-15-11(8-10)12(14)17-19/h4,6,8,16,18-19H,3,5,7,9H2,1-2H3,(H2,14,17). The predicted octanol–water partition coefficient (Wildman–Crippen LogP) is 0.817. The second-order valence-electron chi connectivity index (χ2n) is 4.78. The first kappa shape index (κ1) is 15.4. The van der Waals surface area contributed by atoms with Crippen LogP contribution in [0.4, 0.5) is 0 Å². The van der Waals surface area contributed by atoms with Crippen molar-refractivity contribution in [1.82, 2.24) is 10.3 Å². The molecule has 0 saturated carbocycles. The van der Waals surface area contributed by atoms with Crippen molar-refractivity contribution >= 4 is 5.84 Å². The van der Waals surface area contributed by atoms with E-state index in [-0.39, 0.29) is 18.0 Å². The topological polar surface area (TPSA) is 104 Å². The number of pyridine rings is 1. The van der Waals surface area contributed by atoms with Crippen molar-refractivity contribution in [2.24, 2.45) is 10.9 Å². The van der Waals surface area contributed by atoms with Crippen LogP contribution in [0.5, 0.6) is 0 Å². The smallest absolute Gasteiger partial charge is 0.188 e. The highest BCUT2D eigenvalue weighted by molar-refractivity contribution is 5.95. The van der Waals surface area contributed by atoms with E-state index >= 15 is 0 Å². The Morgan fingerprint density at radius 2 is 2.32 bits per heavy atom. The van der Waals surface area contributed by atoms with Gasteiger partial charge in [0.15, 0.2) is 5.84 Å². The maximum atomic E-state index is 9.07. The first-order valence-electron chi connectivity index (χ1n) is 6.33. The molecule has 1 aromatic rings. The number of nitrogens with two attached hydrogens (primary N) is 1. The number of aliphatic hydroxyl groups is 1. The molecule has 0 saturated heterocycles. The number of amidine groups is 1. The van der Waals surface area contributed by atoms with Crippen molar-refractivity contribution in [2.45, 2.75) is 38.8 Å². The Morgan fingerprint density at radius 3 is 2.89 bits per heavy atom. The summed E-state index contributed by atoms with van der Waals surface area (Å²) in [5.41, 5.74) is 6.84. The molecular formula is C13H22N4O2. The minimum atomic E-state index is -0.102. The third kappa shape index (κ3) is 4.50. The van der Waals surface area contributed by atoms with E-state index in [2.05, 4.69) is 29.3 Å². The molecule has 0 aromatic carbocycles. The van der Waals surface area contributed by atoms with Gasteiger partial charge in [0.05, 0.1) is 0 Å². The van der Waals surface area contributed by atoms with Gasteiger partial charge >= 0.3 is 0 Å². The van der Waals surface area contributed by atoms with Gasteiger partial charge in [0.25, 0.3) is 0 Å². The number of aliphatic hydroxyl groups excluding tert-OH is 1. The molecule has 6 nitrogen and oxygen atoms in total. The van der Waals surface area contributed by atoms with Crippen LogP contribution >= 0.6 is 0 Å².